The van der Waals surface area contributed by atoms with Crippen LogP contribution in [-0.2, 0) is 9.53 Å². The number of carbonyl (C=O) groups excluding carboxylic acids is 2. The van der Waals surface area contributed by atoms with Gasteiger partial charge >= 0.3 is 6.09 Å². The fourth-order valence-electron chi connectivity index (χ4n) is 2.82. The number of nitrogens with one attached hydrogen (secondary N) is 1. The van der Waals surface area contributed by atoms with Gasteiger partial charge in [0.05, 0.1) is 6.54 Å². The van der Waals surface area contributed by atoms with Gasteiger partial charge in [0, 0.05) is 19.5 Å². The molecule has 19 heavy (non-hydrogen) atoms. The first-order valence-electron chi connectivity index (χ1n) is 7.36. The molecule has 1 saturated heterocycles. The average Bonchev–Trinajstić information content (AvgIpc) is 2.58. The van der Waals surface area contributed by atoms with Crippen molar-refractivity contribution in [2.75, 3.05) is 13.6 Å². The van der Waals surface area contributed by atoms with E-state index in [1.807, 2.05) is 0 Å². The molecule has 0 aromatic rings. The highest BCUT2D eigenvalue weighted by Gasteiger charge is 2.28. The summed E-state index contributed by atoms with van der Waals surface area (Å²) in [5.41, 5.74) is 0. The van der Waals surface area contributed by atoms with Crippen LogP contribution in [0.5, 0.6) is 0 Å². The van der Waals surface area contributed by atoms with Crippen molar-refractivity contribution >= 4 is 12.0 Å². The third-order valence-corrected chi connectivity index (χ3v) is 3.97. The van der Waals surface area contributed by atoms with Gasteiger partial charge in [-0.25, -0.2) is 4.79 Å². The van der Waals surface area contributed by atoms with E-state index in [4.69, 9.17) is 4.74 Å². The van der Waals surface area contributed by atoms with Crippen molar-refractivity contribution in [2.24, 2.45) is 0 Å². The molecule has 5 nitrogen and oxygen atoms in total. The fourth-order valence-corrected chi connectivity index (χ4v) is 2.82. The first kappa shape index (κ1) is 14.2. The third kappa shape index (κ3) is 4.40. The summed E-state index contributed by atoms with van der Waals surface area (Å²) >= 11 is 0. The van der Waals surface area contributed by atoms with Crippen LogP contribution in [0.1, 0.15) is 51.4 Å². The van der Waals surface area contributed by atoms with Crippen molar-refractivity contribution < 1.29 is 14.3 Å². The van der Waals surface area contributed by atoms with Crippen molar-refractivity contribution in [1.82, 2.24) is 10.2 Å². The Morgan fingerprint density at radius 3 is 2.58 bits per heavy atom. The maximum absolute atomic E-state index is 11.9. The van der Waals surface area contributed by atoms with Crippen LogP contribution >= 0.6 is 0 Å². The first-order valence-corrected chi connectivity index (χ1v) is 7.36. The van der Waals surface area contributed by atoms with Gasteiger partial charge in [-0.15, -0.1) is 0 Å². The summed E-state index contributed by atoms with van der Waals surface area (Å²) < 4.78 is 5.14. The van der Waals surface area contributed by atoms with E-state index < -0.39 is 0 Å². The Hall–Kier alpha value is -1.26. The molecule has 0 aromatic carbocycles. The van der Waals surface area contributed by atoms with Crippen molar-refractivity contribution in [3.8, 4) is 0 Å². The molecule has 1 unspecified atom stereocenters. The Morgan fingerprint density at radius 1 is 1.32 bits per heavy atom. The second-order valence-corrected chi connectivity index (χ2v) is 5.68. The Kier molecular flexibility index (Phi) is 5.05. The maximum atomic E-state index is 11.9. The number of carbonyl (C=O) groups is 2. The molecule has 2 amide bonds. The van der Waals surface area contributed by atoms with E-state index >= 15 is 0 Å². The maximum Gasteiger partial charge on any atom is 0.409 e. The van der Waals surface area contributed by atoms with Gasteiger partial charge in [0.15, 0.2) is 0 Å². The summed E-state index contributed by atoms with van der Waals surface area (Å²) in [4.78, 5) is 24.6. The molecule has 1 aliphatic carbocycles. The number of nitrogens with zero attached hydrogens (tertiary/aromatic N) is 1. The number of amides is 2. The molecule has 1 atom stereocenters. The third-order valence-electron chi connectivity index (χ3n) is 3.97. The molecular formula is C14H24N2O3. The molecule has 2 rings (SSSR count). The molecule has 0 bridgehead atoms. The summed E-state index contributed by atoms with van der Waals surface area (Å²) in [6.07, 6.45) is 7.88. The largest absolute Gasteiger partial charge is 0.444 e. The van der Waals surface area contributed by atoms with Gasteiger partial charge in [-0.3, -0.25) is 4.79 Å². The van der Waals surface area contributed by atoms with Crippen LogP contribution in [0.4, 0.5) is 4.79 Å². The molecule has 108 valence electrons. The molecule has 0 spiro atoms. The summed E-state index contributed by atoms with van der Waals surface area (Å²) in [5, 5.41) is 3.11. The van der Waals surface area contributed by atoms with Crippen LogP contribution in [0, 0.1) is 0 Å². The van der Waals surface area contributed by atoms with Gasteiger partial charge < -0.3 is 15.0 Å². The van der Waals surface area contributed by atoms with E-state index in [-0.39, 0.29) is 18.1 Å². The molecule has 1 N–H and O–H groups in total. The molecule has 2 aliphatic rings. The minimum atomic E-state index is -0.283. The number of ether oxygens (including phenoxy) is 1. The molecule has 1 aliphatic heterocycles. The Bertz CT molecular complexity index is 325. The van der Waals surface area contributed by atoms with Gasteiger partial charge in [0.1, 0.15) is 6.10 Å². The highest BCUT2D eigenvalue weighted by atomic mass is 16.6. The summed E-state index contributed by atoms with van der Waals surface area (Å²) in [6, 6.07) is 0.351. The predicted molar refractivity (Wildman–Crippen MR) is 71.8 cm³/mol. The quantitative estimate of drug-likeness (QED) is 0.794. The minimum absolute atomic E-state index is 0.0949. The topological polar surface area (TPSA) is 58.6 Å². The Morgan fingerprint density at radius 2 is 2.00 bits per heavy atom. The molecular weight excluding hydrogens is 244 g/mol. The van der Waals surface area contributed by atoms with Crippen LogP contribution in [-0.4, -0.2) is 42.6 Å². The smallest absolute Gasteiger partial charge is 0.409 e. The van der Waals surface area contributed by atoms with Gasteiger partial charge in [0.2, 0.25) is 5.91 Å². The van der Waals surface area contributed by atoms with E-state index in [1.165, 1.54) is 25.7 Å². The van der Waals surface area contributed by atoms with E-state index in [2.05, 4.69) is 5.32 Å². The standard InChI is InChI=1S/C14H24N2O3/c1-16-10-12(19-14(16)18)8-9-13(17)15-11-6-4-2-3-5-7-11/h11-12H,2-10H2,1H3,(H,15,17). The number of hydrogen-bond donors (Lipinski definition) is 1. The van der Waals surface area contributed by atoms with E-state index in [1.54, 1.807) is 11.9 Å². The van der Waals surface area contributed by atoms with Gasteiger partial charge in [-0.2, -0.15) is 0 Å². The molecule has 0 aromatic heterocycles. The van der Waals surface area contributed by atoms with Gasteiger partial charge in [-0.1, -0.05) is 25.7 Å². The SMILES string of the molecule is CN1CC(CCC(=O)NC2CCCCCC2)OC1=O. The monoisotopic (exact) mass is 268 g/mol. The average molecular weight is 268 g/mol. The highest BCUT2D eigenvalue weighted by Crippen LogP contribution is 2.18. The lowest BCUT2D eigenvalue weighted by Gasteiger charge is -2.16. The van der Waals surface area contributed by atoms with Crippen LogP contribution in [0.3, 0.4) is 0 Å². The lowest BCUT2D eigenvalue weighted by molar-refractivity contribution is -0.122. The van der Waals surface area contributed by atoms with Crippen LogP contribution in [0.25, 0.3) is 0 Å². The predicted octanol–water partition coefficient (Wildman–Crippen LogP) is 2.06. The van der Waals surface area contributed by atoms with Crippen LogP contribution in [0.15, 0.2) is 0 Å². The molecule has 5 heteroatoms. The normalized spacial score (nSPS) is 25.0. The van der Waals surface area contributed by atoms with Crippen molar-refractivity contribution in [2.45, 2.75) is 63.5 Å². The second-order valence-electron chi connectivity index (χ2n) is 5.68. The van der Waals surface area contributed by atoms with Crippen molar-refractivity contribution in [3.63, 3.8) is 0 Å². The van der Waals surface area contributed by atoms with E-state index in [0.717, 1.165) is 12.8 Å². The molecule has 1 heterocycles. The number of cyclic esters (lactones) is 1. The number of hydrogen-bond acceptors (Lipinski definition) is 3. The van der Waals surface area contributed by atoms with Gasteiger partial charge in [-0.05, 0) is 19.3 Å². The highest BCUT2D eigenvalue weighted by molar-refractivity contribution is 5.76. The molecule has 1 saturated carbocycles. The zero-order valence-electron chi connectivity index (χ0n) is 11.7. The second kappa shape index (κ2) is 6.78. The fraction of sp³-hybridized carbons (Fsp3) is 0.857. The summed E-state index contributed by atoms with van der Waals surface area (Å²) in [6.45, 7) is 0.593. The molecule has 2 fully saturated rings. The summed E-state index contributed by atoms with van der Waals surface area (Å²) in [7, 11) is 1.72. The van der Waals surface area contributed by atoms with Crippen LogP contribution < -0.4 is 5.32 Å². The van der Waals surface area contributed by atoms with Crippen molar-refractivity contribution in [3.05, 3.63) is 0 Å². The van der Waals surface area contributed by atoms with E-state index in [9.17, 15) is 9.59 Å². The van der Waals surface area contributed by atoms with Crippen LogP contribution in [0.2, 0.25) is 0 Å². The molecule has 0 radical (unpaired) electrons. The minimum Gasteiger partial charge on any atom is -0.444 e. The first-order chi connectivity index (χ1) is 9.15. The lowest BCUT2D eigenvalue weighted by Crippen LogP contribution is -2.34. The van der Waals surface area contributed by atoms with Crippen molar-refractivity contribution in [1.29, 1.82) is 0 Å². The van der Waals surface area contributed by atoms with E-state index in [0.29, 0.717) is 25.4 Å². The lowest BCUT2D eigenvalue weighted by atomic mass is 10.1. The Labute approximate surface area is 114 Å². The van der Waals surface area contributed by atoms with Gasteiger partial charge in [0.25, 0.3) is 0 Å². The summed E-state index contributed by atoms with van der Waals surface area (Å²) in [5.74, 6) is 0.0949. The number of likely N-dealkylation sites (N-methyl/N-ethyl adjacent to an activating group) is 1. The number of rotatable bonds is 4. The Balaban J connectivity index is 1.65. The zero-order valence-corrected chi connectivity index (χ0v) is 11.7. The zero-order chi connectivity index (χ0) is 13.7.